The highest BCUT2D eigenvalue weighted by molar-refractivity contribution is 4.55. The summed E-state index contributed by atoms with van der Waals surface area (Å²) in [6, 6.07) is 0. The fourth-order valence-electron chi connectivity index (χ4n) is 1.49. The van der Waals surface area contributed by atoms with E-state index in [1.165, 1.54) is 4.90 Å². The summed E-state index contributed by atoms with van der Waals surface area (Å²) in [4.78, 5) is 3.63. The van der Waals surface area contributed by atoms with Gasteiger partial charge >= 0.3 is 0 Å². The number of aliphatic hydroxyl groups is 2. The van der Waals surface area contributed by atoms with E-state index in [0.29, 0.717) is 0 Å². The van der Waals surface area contributed by atoms with Gasteiger partial charge in [0.1, 0.15) is 13.2 Å². The summed E-state index contributed by atoms with van der Waals surface area (Å²) in [5.41, 5.74) is 0. The summed E-state index contributed by atoms with van der Waals surface area (Å²) in [6.07, 6.45) is 0. The number of aliphatic hydroxyl groups excluding tert-OH is 2. The topological polar surface area (TPSA) is 48.1 Å². The monoisotopic (exact) mass is 240 g/mol. The van der Waals surface area contributed by atoms with Gasteiger partial charge in [0.05, 0.1) is 26.3 Å². The highest BCUT2D eigenvalue weighted by atomic mass is 79.9. The summed E-state index contributed by atoms with van der Waals surface area (Å²) in [5.74, 6) is 0. The molecule has 0 bridgehead atoms. The van der Waals surface area contributed by atoms with Crippen LogP contribution >= 0.6 is 0 Å². The maximum atomic E-state index is 8.65. The van der Waals surface area contributed by atoms with Gasteiger partial charge in [0.25, 0.3) is 0 Å². The second-order valence-corrected chi connectivity index (χ2v) is 2.97. The summed E-state index contributed by atoms with van der Waals surface area (Å²) in [6.45, 7) is 5.24. The van der Waals surface area contributed by atoms with E-state index in [4.69, 9.17) is 10.2 Å². The van der Waals surface area contributed by atoms with Crippen LogP contribution in [0.1, 0.15) is 0 Å². The van der Waals surface area contributed by atoms with E-state index in [9.17, 15) is 0 Å². The highest BCUT2D eigenvalue weighted by Gasteiger charge is 2.21. The van der Waals surface area contributed by atoms with Crippen molar-refractivity contribution >= 4 is 0 Å². The third-order valence-corrected chi connectivity index (χ3v) is 2.11. The molecule has 4 nitrogen and oxygen atoms in total. The van der Waals surface area contributed by atoms with Crippen LogP contribution in [0.3, 0.4) is 0 Å². The molecule has 1 aliphatic heterocycles. The Morgan fingerprint density at radius 1 is 1.25 bits per heavy atom. The second-order valence-electron chi connectivity index (χ2n) is 2.97. The molecule has 1 atom stereocenters. The molecular weight excluding hydrogens is 224 g/mol. The number of hydrogen-bond donors (Lipinski definition) is 3. The zero-order chi connectivity index (χ0) is 8.10. The Morgan fingerprint density at radius 2 is 2.00 bits per heavy atom. The molecule has 1 saturated heterocycles. The van der Waals surface area contributed by atoms with Crippen LogP contribution in [0, 0.1) is 0 Å². The Hall–Kier alpha value is 0.320. The van der Waals surface area contributed by atoms with Crippen molar-refractivity contribution in [2.24, 2.45) is 0 Å². The minimum absolute atomic E-state index is 0. The van der Waals surface area contributed by atoms with Crippen LogP contribution in [0.4, 0.5) is 0 Å². The van der Waals surface area contributed by atoms with Crippen LogP contribution < -0.4 is 21.9 Å². The molecule has 0 aromatic heterocycles. The largest absolute Gasteiger partial charge is 1.00 e. The van der Waals surface area contributed by atoms with Crippen molar-refractivity contribution in [2.45, 2.75) is 0 Å². The van der Waals surface area contributed by atoms with Gasteiger partial charge in [-0.2, -0.15) is 0 Å². The number of nitrogens with one attached hydrogen (secondary N) is 1. The smallest absolute Gasteiger partial charge is 0.133 e. The van der Waals surface area contributed by atoms with Gasteiger partial charge in [0, 0.05) is 6.54 Å². The van der Waals surface area contributed by atoms with E-state index in [1.54, 1.807) is 0 Å². The first-order valence-electron chi connectivity index (χ1n) is 4.14. The number of β-amino-alcohol motifs (C(OH)–C–C–N with tert-alkyl or cyclic N) is 1. The molecule has 1 fully saturated rings. The molecule has 1 heterocycles. The van der Waals surface area contributed by atoms with Gasteiger partial charge in [-0.25, -0.2) is 4.90 Å². The van der Waals surface area contributed by atoms with E-state index < -0.39 is 0 Å². The first-order valence-corrected chi connectivity index (χ1v) is 4.14. The molecule has 0 amide bonds. The molecule has 0 spiro atoms. The molecular formula is C7H17BrN2O2. The van der Waals surface area contributed by atoms with E-state index >= 15 is 0 Å². The molecule has 0 aromatic rings. The van der Waals surface area contributed by atoms with Crippen molar-refractivity contribution in [3.8, 4) is 0 Å². The summed E-state index contributed by atoms with van der Waals surface area (Å²) < 4.78 is 0. The fourth-order valence-corrected chi connectivity index (χ4v) is 1.49. The van der Waals surface area contributed by atoms with E-state index in [2.05, 4.69) is 4.90 Å². The Kier molecular flexibility index (Phi) is 6.98. The third-order valence-electron chi connectivity index (χ3n) is 2.11. The Balaban J connectivity index is 0.00000121. The average Bonchev–Trinajstić information content (AvgIpc) is 2.38. The van der Waals surface area contributed by atoms with Crippen molar-refractivity contribution in [1.82, 2.24) is 4.90 Å². The first kappa shape index (κ1) is 12.3. The summed E-state index contributed by atoms with van der Waals surface area (Å²) in [7, 11) is 0. The maximum Gasteiger partial charge on any atom is 0.133 e. The number of halogens is 1. The molecule has 1 rings (SSSR count). The average molecular weight is 241 g/mol. The predicted molar refractivity (Wildman–Crippen MR) is 41.3 cm³/mol. The van der Waals surface area contributed by atoms with E-state index in [1.807, 2.05) is 0 Å². The lowest BCUT2D eigenvalue weighted by atomic mass is 10.5. The highest BCUT2D eigenvalue weighted by Crippen LogP contribution is 1.85. The molecule has 74 valence electrons. The lowest BCUT2D eigenvalue weighted by Gasteiger charge is -2.12. The zero-order valence-corrected chi connectivity index (χ0v) is 8.76. The van der Waals surface area contributed by atoms with Gasteiger partial charge in [-0.1, -0.05) is 0 Å². The van der Waals surface area contributed by atoms with Gasteiger partial charge in [-0.3, -0.25) is 0 Å². The first-order chi connectivity index (χ1) is 5.36. The van der Waals surface area contributed by atoms with Crippen LogP contribution in [-0.2, 0) is 0 Å². The van der Waals surface area contributed by atoms with Crippen LogP contribution in [0.25, 0.3) is 0 Å². The number of quaternary nitrogens is 1. The SMILES string of the molecule is OCCN1CC[NH+](CCO)C1.[Br-]. The number of rotatable bonds is 4. The molecule has 0 aromatic carbocycles. The molecule has 1 unspecified atom stereocenters. The van der Waals surface area contributed by atoms with Crippen LogP contribution in [0.15, 0.2) is 0 Å². The van der Waals surface area contributed by atoms with Crippen molar-refractivity contribution in [3.05, 3.63) is 0 Å². The number of hydrogen-bond acceptors (Lipinski definition) is 3. The lowest BCUT2D eigenvalue weighted by Crippen LogP contribution is -3.11. The van der Waals surface area contributed by atoms with Gasteiger partial charge in [-0.15, -0.1) is 0 Å². The summed E-state index contributed by atoms with van der Waals surface area (Å²) in [5, 5.41) is 17.3. The molecule has 3 N–H and O–H groups in total. The Bertz CT molecular complexity index is 104. The van der Waals surface area contributed by atoms with E-state index in [0.717, 1.165) is 32.8 Å². The lowest BCUT2D eigenvalue weighted by molar-refractivity contribution is -0.892. The van der Waals surface area contributed by atoms with Crippen LogP contribution in [-0.4, -0.2) is 61.2 Å². The molecule has 0 saturated carbocycles. The number of nitrogens with zero attached hydrogens (tertiary/aromatic N) is 1. The van der Waals surface area contributed by atoms with Gasteiger partial charge in [0.15, 0.2) is 0 Å². The minimum atomic E-state index is 0. The summed E-state index contributed by atoms with van der Waals surface area (Å²) >= 11 is 0. The predicted octanol–water partition coefficient (Wildman–Crippen LogP) is -5.87. The fraction of sp³-hybridized carbons (Fsp3) is 1.00. The second kappa shape index (κ2) is 6.80. The van der Waals surface area contributed by atoms with Gasteiger partial charge in [0.2, 0.25) is 0 Å². The van der Waals surface area contributed by atoms with Crippen LogP contribution in [0.5, 0.6) is 0 Å². The molecule has 1 aliphatic rings. The standard InChI is InChI=1S/C7H16N2O2.BrH/c10-5-3-8-1-2-9(7-8)4-6-11;/h10-11H,1-7H2;1H. The van der Waals surface area contributed by atoms with Crippen molar-refractivity contribution < 1.29 is 32.1 Å². The zero-order valence-electron chi connectivity index (χ0n) is 7.17. The van der Waals surface area contributed by atoms with Crippen molar-refractivity contribution in [1.29, 1.82) is 0 Å². The Labute approximate surface area is 83.5 Å². The van der Waals surface area contributed by atoms with E-state index in [-0.39, 0.29) is 30.2 Å². The third kappa shape index (κ3) is 3.82. The minimum Gasteiger partial charge on any atom is -1.00 e. The Morgan fingerprint density at radius 3 is 2.58 bits per heavy atom. The van der Waals surface area contributed by atoms with Gasteiger partial charge < -0.3 is 32.1 Å². The van der Waals surface area contributed by atoms with Crippen molar-refractivity contribution in [2.75, 3.05) is 46.1 Å². The molecule has 0 radical (unpaired) electrons. The molecule has 5 heteroatoms. The van der Waals surface area contributed by atoms with Crippen LogP contribution in [0.2, 0.25) is 0 Å². The van der Waals surface area contributed by atoms with Crippen molar-refractivity contribution in [3.63, 3.8) is 0 Å². The maximum absolute atomic E-state index is 8.65. The quantitative estimate of drug-likeness (QED) is 0.459. The molecule has 0 aliphatic carbocycles. The molecule has 12 heavy (non-hydrogen) atoms. The van der Waals surface area contributed by atoms with Gasteiger partial charge in [-0.05, 0) is 0 Å². The normalized spacial score (nSPS) is 24.0.